The highest BCUT2D eigenvalue weighted by Crippen LogP contribution is 2.45. The number of hydrogen-bond acceptors (Lipinski definition) is 4. The summed E-state index contributed by atoms with van der Waals surface area (Å²) in [7, 11) is 0. The summed E-state index contributed by atoms with van der Waals surface area (Å²) >= 11 is 0. The standard InChI is InChI=1S/C15H19NO3.C7H7F2NO/c1-10(2)9-13(17)16-15(7-8-15)12-5-3-11(4-6-12)14(18)19;8-7(9)5-1-2-6(4-11)10-3-5/h3-6,10H,7-9H2,1-2H3,(H,16,17)(H,18,19);1-3,7,11H,4H2. The molecule has 0 unspecified atom stereocenters. The molecule has 1 aromatic carbocycles. The molecule has 0 radical (unpaired) electrons. The molecule has 1 saturated carbocycles. The number of benzene rings is 1. The SMILES string of the molecule is CC(C)CC(=O)NC1(c2ccc(C(=O)O)cc2)CC1.OCc1ccc(C(F)F)cn1. The topological polar surface area (TPSA) is 99.5 Å². The molecule has 8 heteroatoms. The number of nitrogens with zero attached hydrogens (tertiary/aromatic N) is 1. The molecule has 1 aromatic heterocycles. The Morgan fingerprint density at radius 3 is 2.17 bits per heavy atom. The van der Waals surface area contributed by atoms with Crippen LogP contribution in [-0.4, -0.2) is 27.1 Å². The van der Waals surface area contributed by atoms with Crippen LogP contribution in [0, 0.1) is 5.92 Å². The molecular formula is C22H26F2N2O4. The lowest BCUT2D eigenvalue weighted by Crippen LogP contribution is -2.35. The van der Waals surface area contributed by atoms with Gasteiger partial charge in [0.05, 0.1) is 23.4 Å². The fourth-order valence-corrected chi connectivity index (χ4v) is 2.89. The van der Waals surface area contributed by atoms with E-state index >= 15 is 0 Å². The van der Waals surface area contributed by atoms with Gasteiger partial charge in [-0.25, -0.2) is 13.6 Å². The van der Waals surface area contributed by atoms with Crippen molar-refractivity contribution in [1.82, 2.24) is 10.3 Å². The molecule has 1 amide bonds. The van der Waals surface area contributed by atoms with Crippen molar-refractivity contribution < 1.29 is 28.6 Å². The predicted octanol–water partition coefficient (Wildman–Crippen LogP) is 4.05. The Morgan fingerprint density at radius 2 is 1.77 bits per heavy atom. The number of rotatable bonds is 7. The quantitative estimate of drug-likeness (QED) is 0.628. The van der Waals surface area contributed by atoms with Gasteiger partial charge in [-0.05, 0) is 48.6 Å². The van der Waals surface area contributed by atoms with Crippen molar-refractivity contribution in [2.24, 2.45) is 5.92 Å². The lowest BCUT2D eigenvalue weighted by molar-refractivity contribution is -0.122. The number of pyridine rings is 1. The summed E-state index contributed by atoms with van der Waals surface area (Å²) in [5.41, 5.74) is 1.28. The van der Waals surface area contributed by atoms with E-state index in [0.29, 0.717) is 18.0 Å². The maximum Gasteiger partial charge on any atom is 0.335 e. The lowest BCUT2D eigenvalue weighted by atomic mass is 10.0. The van der Waals surface area contributed by atoms with Gasteiger partial charge < -0.3 is 15.5 Å². The second kappa shape index (κ2) is 10.2. The Bertz CT molecular complexity index is 848. The molecule has 6 nitrogen and oxygen atoms in total. The number of hydrogen-bond donors (Lipinski definition) is 3. The largest absolute Gasteiger partial charge is 0.478 e. The number of carbonyl (C=O) groups is 2. The first-order chi connectivity index (χ1) is 14.2. The number of nitrogens with one attached hydrogen (secondary N) is 1. The molecule has 1 aliphatic rings. The highest BCUT2D eigenvalue weighted by molar-refractivity contribution is 5.87. The molecule has 1 heterocycles. The molecular weight excluding hydrogens is 394 g/mol. The number of carboxylic acids is 1. The number of amides is 1. The zero-order chi connectivity index (χ0) is 22.3. The van der Waals surface area contributed by atoms with Crippen LogP contribution in [0.15, 0.2) is 42.6 Å². The Labute approximate surface area is 174 Å². The van der Waals surface area contributed by atoms with Gasteiger partial charge in [-0.2, -0.15) is 0 Å². The van der Waals surface area contributed by atoms with Crippen LogP contribution in [0.3, 0.4) is 0 Å². The summed E-state index contributed by atoms with van der Waals surface area (Å²) in [6, 6.07) is 9.40. The second-order valence-corrected chi connectivity index (χ2v) is 7.65. The molecule has 3 rings (SSSR count). The van der Waals surface area contributed by atoms with Crippen LogP contribution in [-0.2, 0) is 16.9 Å². The monoisotopic (exact) mass is 420 g/mol. The molecule has 0 spiro atoms. The zero-order valence-electron chi connectivity index (χ0n) is 16.9. The van der Waals surface area contributed by atoms with Crippen LogP contribution in [0.1, 0.15) is 66.7 Å². The molecule has 0 saturated heterocycles. The Kier molecular flexibility index (Phi) is 8.00. The van der Waals surface area contributed by atoms with Crippen molar-refractivity contribution in [3.63, 3.8) is 0 Å². The van der Waals surface area contributed by atoms with Crippen molar-refractivity contribution in [3.05, 3.63) is 65.0 Å². The zero-order valence-corrected chi connectivity index (χ0v) is 16.9. The van der Waals surface area contributed by atoms with Gasteiger partial charge in [0.2, 0.25) is 5.91 Å². The maximum absolute atomic E-state index is 11.9. The minimum Gasteiger partial charge on any atom is -0.478 e. The van der Waals surface area contributed by atoms with Gasteiger partial charge in [-0.15, -0.1) is 0 Å². The minimum absolute atomic E-state index is 0.0646. The third-order valence-corrected chi connectivity index (χ3v) is 4.67. The lowest BCUT2D eigenvalue weighted by Gasteiger charge is -2.19. The van der Waals surface area contributed by atoms with Gasteiger partial charge in [0.1, 0.15) is 0 Å². The van der Waals surface area contributed by atoms with E-state index in [1.54, 1.807) is 24.3 Å². The van der Waals surface area contributed by atoms with E-state index in [1.165, 1.54) is 12.1 Å². The number of aliphatic hydroxyl groups excluding tert-OH is 1. The number of halogens is 2. The number of carbonyl (C=O) groups excluding carboxylic acids is 1. The molecule has 1 fully saturated rings. The molecule has 30 heavy (non-hydrogen) atoms. The normalized spacial score (nSPS) is 14.1. The summed E-state index contributed by atoms with van der Waals surface area (Å²) < 4.78 is 23.8. The van der Waals surface area contributed by atoms with Crippen LogP contribution in [0.25, 0.3) is 0 Å². The highest BCUT2D eigenvalue weighted by atomic mass is 19.3. The van der Waals surface area contributed by atoms with Gasteiger partial charge in [0, 0.05) is 18.2 Å². The average Bonchev–Trinajstić information content (AvgIpc) is 3.48. The number of alkyl halides is 2. The number of aromatic nitrogens is 1. The molecule has 0 atom stereocenters. The summed E-state index contributed by atoms with van der Waals surface area (Å²) in [4.78, 5) is 26.2. The third-order valence-electron chi connectivity index (χ3n) is 4.67. The van der Waals surface area contributed by atoms with Crippen molar-refractivity contribution in [2.75, 3.05) is 0 Å². The fraction of sp³-hybridized carbons (Fsp3) is 0.409. The first-order valence-corrected chi connectivity index (χ1v) is 9.65. The van der Waals surface area contributed by atoms with Gasteiger partial charge >= 0.3 is 5.97 Å². The fourth-order valence-electron chi connectivity index (χ4n) is 2.89. The first kappa shape index (κ1) is 23.4. The van der Waals surface area contributed by atoms with E-state index < -0.39 is 12.4 Å². The van der Waals surface area contributed by atoms with E-state index in [0.717, 1.165) is 24.6 Å². The van der Waals surface area contributed by atoms with Crippen molar-refractivity contribution >= 4 is 11.9 Å². The molecule has 3 N–H and O–H groups in total. The molecule has 1 aliphatic carbocycles. The van der Waals surface area contributed by atoms with Crippen LogP contribution in [0.5, 0.6) is 0 Å². The Hall–Kier alpha value is -2.87. The molecule has 2 aromatic rings. The first-order valence-electron chi connectivity index (χ1n) is 9.65. The van der Waals surface area contributed by atoms with E-state index in [2.05, 4.69) is 10.3 Å². The summed E-state index contributed by atoms with van der Waals surface area (Å²) in [6.07, 6.45) is 0.938. The third kappa shape index (κ3) is 6.59. The van der Waals surface area contributed by atoms with Gasteiger partial charge in [0.15, 0.2) is 0 Å². The summed E-state index contributed by atoms with van der Waals surface area (Å²) in [5, 5.41) is 20.5. The predicted molar refractivity (Wildman–Crippen MR) is 107 cm³/mol. The van der Waals surface area contributed by atoms with Crippen molar-refractivity contribution in [1.29, 1.82) is 0 Å². The smallest absolute Gasteiger partial charge is 0.335 e. The van der Waals surface area contributed by atoms with Crippen LogP contribution in [0.4, 0.5) is 8.78 Å². The number of aromatic carboxylic acids is 1. The van der Waals surface area contributed by atoms with Crippen molar-refractivity contribution in [2.45, 2.75) is 51.7 Å². The number of carboxylic acid groups (broad SMARTS) is 1. The summed E-state index contributed by atoms with van der Waals surface area (Å²) in [5.74, 6) is -0.528. The average molecular weight is 420 g/mol. The Balaban J connectivity index is 0.000000248. The van der Waals surface area contributed by atoms with Crippen LogP contribution in [0.2, 0.25) is 0 Å². The van der Waals surface area contributed by atoms with Gasteiger partial charge in [-0.1, -0.05) is 26.0 Å². The van der Waals surface area contributed by atoms with E-state index in [1.807, 2.05) is 13.8 Å². The summed E-state index contributed by atoms with van der Waals surface area (Å²) in [6.45, 7) is 3.81. The van der Waals surface area contributed by atoms with Crippen molar-refractivity contribution in [3.8, 4) is 0 Å². The highest BCUT2D eigenvalue weighted by Gasteiger charge is 2.45. The molecule has 0 aliphatic heterocycles. The van der Waals surface area contributed by atoms with Gasteiger partial charge in [-0.3, -0.25) is 9.78 Å². The maximum atomic E-state index is 11.9. The van der Waals surface area contributed by atoms with Crippen LogP contribution >= 0.6 is 0 Å². The van der Waals surface area contributed by atoms with Gasteiger partial charge in [0.25, 0.3) is 6.43 Å². The number of aliphatic hydroxyl groups is 1. The minimum atomic E-state index is -2.49. The second-order valence-electron chi connectivity index (χ2n) is 7.65. The van der Waals surface area contributed by atoms with E-state index in [9.17, 15) is 18.4 Å². The Morgan fingerprint density at radius 1 is 1.13 bits per heavy atom. The van der Waals surface area contributed by atoms with E-state index in [4.69, 9.17) is 10.2 Å². The molecule has 162 valence electrons. The van der Waals surface area contributed by atoms with E-state index in [-0.39, 0.29) is 29.2 Å². The van der Waals surface area contributed by atoms with Crippen LogP contribution < -0.4 is 5.32 Å². The molecule has 0 bridgehead atoms.